The quantitative estimate of drug-likeness (QED) is 0.703. The molecular formula is C21H22N2O2. The maximum absolute atomic E-state index is 12.5. The van der Waals surface area contributed by atoms with Crippen LogP contribution < -0.4 is 5.32 Å². The molecule has 0 aliphatic rings. The normalized spacial score (nSPS) is 10.8. The fourth-order valence-electron chi connectivity index (χ4n) is 2.76. The molecule has 0 atom stereocenters. The molecule has 0 aliphatic carbocycles. The first-order chi connectivity index (χ1) is 12.2. The number of amides is 1. The molecule has 1 amide bonds. The summed E-state index contributed by atoms with van der Waals surface area (Å²) in [5.41, 5.74) is 3.11. The van der Waals surface area contributed by atoms with E-state index >= 15 is 0 Å². The highest BCUT2D eigenvalue weighted by Crippen LogP contribution is 2.12. The number of anilines is 1. The lowest BCUT2D eigenvalue weighted by molar-refractivity contribution is -0.117. The largest absolute Gasteiger partial charge is 0.468 e. The predicted octanol–water partition coefficient (Wildman–Crippen LogP) is 4.23. The van der Waals surface area contributed by atoms with Crippen molar-refractivity contribution in [2.75, 3.05) is 11.9 Å². The Morgan fingerprint density at radius 2 is 1.84 bits per heavy atom. The van der Waals surface area contributed by atoms with E-state index in [0.29, 0.717) is 19.6 Å². The van der Waals surface area contributed by atoms with Gasteiger partial charge in [0, 0.05) is 12.2 Å². The molecule has 1 aromatic heterocycles. The summed E-state index contributed by atoms with van der Waals surface area (Å²) < 4.78 is 5.44. The summed E-state index contributed by atoms with van der Waals surface area (Å²) in [7, 11) is 0. The van der Waals surface area contributed by atoms with Gasteiger partial charge < -0.3 is 9.73 Å². The van der Waals surface area contributed by atoms with Crippen LogP contribution in [0.2, 0.25) is 0 Å². The zero-order valence-corrected chi connectivity index (χ0v) is 14.3. The van der Waals surface area contributed by atoms with Crippen molar-refractivity contribution >= 4 is 11.6 Å². The third kappa shape index (κ3) is 5.33. The highest BCUT2D eigenvalue weighted by Gasteiger charge is 2.13. The van der Waals surface area contributed by atoms with E-state index in [2.05, 4.69) is 22.3 Å². The van der Waals surface area contributed by atoms with Gasteiger partial charge in [0.1, 0.15) is 5.76 Å². The maximum atomic E-state index is 12.5. The summed E-state index contributed by atoms with van der Waals surface area (Å²) in [5.74, 6) is 0.812. The first kappa shape index (κ1) is 17.0. The smallest absolute Gasteiger partial charge is 0.238 e. The molecule has 0 bridgehead atoms. The van der Waals surface area contributed by atoms with Crippen molar-refractivity contribution < 1.29 is 9.21 Å². The van der Waals surface area contributed by atoms with E-state index in [1.165, 1.54) is 0 Å². The van der Waals surface area contributed by atoms with Crippen molar-refractivity contribution in [1.29, 1.82) is 0 Å². The highest BCUT2D eigenvalue weighted by atomic mass is 16.3. The maximum Gasteiger partial charge on any atom is 0.238 e. The summed E-state index contributed by atoms with van der Waals surface area (Å²) in [4.78, 5) is 14.5. The third-order valence-corrected chi connectivity index (χ3v) is 3.88. The second kappa shape index (κ2) is 8.31. The van der Waals surface area contributed by atoms with Gasteiger partial charge in [-0.1, -0.05) is 42.5 Å². The van der Waals surface area contributed by atoms with E-state index in [1.54, 1.807) is 6.26 Å². The minimum absolute atomic E-state index is 0.0342. The number of nitrogens with zero attached hydrogens (tertiary/aromatic N) is 1. The number of rotatable bonds is 7. The Bertz CT molecular complexity index is 798. The zero-order chi connectivity index (χ0) is 17.5. The van der Waals surface area contributed by atoms with Crippen molar-refractivity contribution in [2.24, 2.45) is 0 Å². The molecule has 3 rings (SSSR count). The summed E-state index contributed by atoms with van der Waals surface area (Å²) in [6, 6.07) is 21.7. The van der Waals surface area contributed by atoms with Crippen LogP contribution in [0.5, 0.6) is 0 Å². The second-order valence-corrected chi connectivity index (χ2v) is 6.13. The molecule has 0 radical (unpaired) electrons. The molecule has 0 aliphatic heterocycles. The Labute approximate surface area is 148 Å². The predicted molar refractivity (Wildman–Crippen MR) is 99.1 cm³/mol. The molecule has 0 fully saturated rings. The van der Waals surface area contributed by atoms with Crippen molar-refractivity contribution in [3.63, 3.8) is 0 Å². The molecule has 2 aromatic carbocycles. The lowest BCUT2D eigenvalue weighted by atomic mass is 10.2. The zero-order valence-electron chi connectivity index (χ0n) is 14.3. The lowest BCUT2D eigenvalue weighted by Crippen LogP contribution is -2.32. The Morgan fingerprint density at radius 1 is 1.00 bits per heavy atom. The number of nitrogens with one attached hydrogen (secondary N) is 1. The Balaban J connectivity index is 1.66. The molecule has 0 unspecified atom stereocenters. The first-order valence-electron chi connectivity index (χ1n) is 8.34. The van der Waals surface area contributed by atoms with Gasteiger partial charge in [-0.2, -0.15) is 0 Å². The topological polar surface area (TPSA) is 45.5 Å². The molecule has 1 heterocycles. The fourth-order valence-corrected chi connectivity index (χ4v) is 2.76. The van der Waals surface area contributed by atoms with Crippen LogP contribution in [0.4, 0.5) is 5.69 Å². The van der Waals surface area contributed by atoms with Crippen LogP contribution in [-0.4, -0.2) is 17.4 Å². The summed E-state index contributed by atoms with van der Waals surface area (Å²) in [6.45, 7) is 3.57. The van der Waals surface area contributed by atoms with E-state index in [1.807, 2.05) is 61.5 Å². The van der Waals surface area contributed by atoms with Crippen LogP contribution in [0.15, 0.2) is 77.4 Å². The second-order valence-electron chi connectivity index (χ2n) is 6.13. The van der Waals surface area contributed by atoms with Gasteiger partial charge in [-0.15, -0.1) is 0 Å². The van der Waals surface area contributed by atoms with Gasteiger partial charge in [0.15, 0.2) is 0 Å². The van der Waals surface area contributed by atoms with Crippen molar-refractivity contribution in [3.05, 3.63) is 89.9 Å². The Kier molecular flexibility index (Phi) is 5.65. The molecule has 128 valence electrons. The minimum Gasteiger partial charge on any atom is -0.468 e. The standard InChI is InChI=1S/C21H22N2O2/c1-17-7-5-10-19(13-17)22-21(24)16-23(15-20-11-6-12-25-20)14-18-8-3-2-4-9-18/h2-13H,14-16H2,1H3,(H,22,24). The fraction of sp³-hybridized carbons (Fsp3) is 0.190. The van der Waals surface area contributed by atoms with Crippen LogP contribution >= 0.6 is 0 Å². The minimum atomic E-state index is -0.0342. The van der Waals surface area contributed by atoms with Gasteiger partial charge in [0.05, 0.1) is 19.4 Å². The van der Waals surface area contributed by atoms with Crippen LogP contribution in [0.1, 0.15) is 16.9 Å². The molecule has 0 saturated carbocycles. The molecule has 1 N–H and O–H groups in total. The lowest BCUT2D eigenvalue weighted by Gasteiger charge is -2.21. The summed E-state index contributed by atoms with van der Waals surface area (Å²) >= 11 is 0. The molecular weight excluding hydrogens is 312 g/mol. The number of aryl methyl sites for hydroxylation is 1. The third-order valence-electron chi connectivity index (χ3n) is 3.88. The highest BCUT2D eigenvalue weighted by molar-refractivity contribution is 5.92. The van der Waals surface area contributed by atoms with Crippen molar-refractivity contribution in [1.82, 2.24) is 4.90 Å². The van der Waals surface area contributed by atoms with E-state index in [-0.39, 0.29) is 5.91 Å². The van der Waals surface area contributed by atoms with Gasteiger partial charge in [-0.3, -0.25) is 9.69 Å². The SMILES string of the molecule is Cc1cccc(NC(=O)CN(Cc2ccccc2)Cc2ccco2)c1. The van der Waals surface area contributed by atoms with Crippen LogP contribution in [0, 0.1) is 6.92 Å². The molecule has 4 nitrogen and oxygen atoms in total. The molecule has 3 aromatic rings. The Hall–Kier alpha value is -2.85. The summed E-state index contributed by atoms with van der Waals surface area (Å²) in [5, 5.41) is 2.97. The van der Waals surface area contributed by atoms with E-state index in [9.17, 15) is 4.79 Å². The molecule has 4 heteroatoms. The van der Waals surface area contributed by atoms with Gasteiger partial charge >= 0.3 is 0 Å². The number of hydrogen-bond donors (Lipinski definition) is 1. The number of furan rings is 1. The van der Waals surface area contributed by atoms with Crippen molar-refractivity contribution in [3.8, 4) is 0 Å². The molecule has 0 spiro atoms. The average molecular weight is 334 g/mol. The van der Waals surface area contributed by atoms with Gasteiger partial charge in [0.2, 0.25) is 5.91 Å². The number of hydrogen-bond acceptors (Lipinski definition) is 3. The van der Waals surface area contributed by atoms with E-state index < -0.39 is 0 Å². The number of carbonyl (C=O) groups is 1. The average Bonchev–Trinajstić information content (AvgIpc) is 3.08. The molecule has 25 heavy (non-hydrogen) atoms. The number of carbonyl (C=O) groups excluding carboxylic acids is 1. The van der Waals surface area contributed by atoms with Crippen LogP contribution in [-0.2, 0) is 17.9 Å². The Morgan fingerprint density at radius 3 is 2.56 bits per heavy atom. The number of benzene rings is 2. The van der Waals surface area contributed by atoms with Gasteiger partial charge in [-0.05, 0) is 42.3 Å². The first-order valence-corrected chi connectivity index (χ1v) is 8.34. The molecule has 0 saturated heterocycles. The van der Waals surface area contributed by atoms with Gasteiger partial charge in [0.25, 0.3) is 0 Å². The van der Waals surface area contributed by atoms with Crippen molar-refractivity contribution in [2.45, 2.75) is 20.0 Å². The van der Waals surface area contributed by atoms with E-state index in [0.717, 1.165) is 22.6 Å². The van der Waals surface area contributed by atoms with Crippen LogP contribution in [0.25, 0.3) is 0 Å². The van der Waals surface area contributed by atoms with Gasteiger partial charge in [-0.25, -0.2) is 0 Å². The van der Waals surface area contributed by atoms with Crippen LogP contribution in [0.3, 0.4) is 0 Å². The van der Waals surface area contributed by atoms with E-state index in [4.69, 9.17) is 4.42 Å². The monoisotopic (exact) mass is 334 g/mol. The summed E-state index contributed by atoms with van der Waals surface area (Å²) in [6.07, 6.45) is 1.66.